The number of carbonyl (C=O) groups is 2. The van der Waals surface area contributed by atoms with Crippen LogP contribution in [0.15, 0.2) is 0 Å². The topological polar surface area (TPSA) is 94.8 Å². The third kappa shape index (κ3) is 5.63. The number of hydrogen-bond acceptors (Lipinski definition) is 3. The zero-order valence-electron chi connectivity index (χ0n) is 4.44. The van der Waals surface area contributed by atoms with Gasteiger partial charge in [0.1, 0.15) is 0 Å². The summed E-state index contributed by atoms with van der Waals surface area (Å²) in [7, 11) is 0. The Morgan fingerprint density at radius 2 is 1.70 bits per heavy atom. The van der Waals surface area contributed by atoms with Gasteiger partial charge in [-0.05, 0) is 0 Å². The van der Waals surface area contributed by atoms with E-state index in [1.54, 1.807) is 0 Å². The zero-order valence-corrected chi connectivity index (χ0v) is 4.44. The van der Waals surface area contributed by atoms with Crippen molar-refractivity contribution in [3.05, 3.63) is 0 Å². The molecule has 0 aliphatic heterocycles. The van der Waals surface area contributed by atoms with Crippen LogP contribution in [0.25, 0.3) is 0 Å². The summed E-state index contributed by atoms with van der Waals surface area (Å²) >= 11 is 0. The fraction of sp³-hybridized carbons (Fsp3) is 0.500. The summed E-state index contributed by atoms with van der Waals surface area (Å²) in [5.74, 6) is -2.85. The van der Waals surface area contributed by atoms with Crippen molar-refractivity contribution >= 4 is 30.8 Å². The molecular formula is C4H7LiO5. The second kappa shape index (κ2) is 5.30. The number of rotatable bonds is 3. The van der Waals surface area contributed by atoms with Gasteiger partial charge >= 0.3 is 30.8 Å². The molecule has 0 spiro atoms. The van der Waals surface area contributed by atoms with Crippen LogP contribution in [0.3, 0.4) is 0 Å². The summed E-state index contributed by atoms with van der Waals surface area (Å²) in [4.78, 5) is 19.4. The van der Waals surface area contributed by atoms with Crippen molar-refractivity contribution in [2.24, 2.45) is 0 Å². The van der Waals surface area contributed by atoms with Gasteiger partial charge in [0.25, 0.3) is 0 Å². The summed E-state index contributed by atoms with van der Waals surface area (Å²) in [6.45, 7) is 0. The molecule has 10 heavy (non-hydrogen) atoms. The van der Waals surface area contributed by atoms with Crippen molar-refractivity contribution in [3.63, 3.8) is 0 Å². The van der Waals surface area contributed by atoms with Crippen molar-refractivity contribution in [3.8, 4) is 0 Å². The first-order valence-electron chi connectivity index (χ1n) is 2.16. The average Bonchev–Trinajstić information content (AvgIpc) is 1.63. The van der Waals surface area contributed by atoms with E-state index in [9.17, 15) is 9.59 Å². The van der Waals surface area contributed by atoms with Gasteiger partial charge in [-0.15, -0.1) is 0 Å². The second-order valence-electron chi connectivity index (χ2n) is 1.45. The quantitative estimate of drug-likeness (QED) is 0.406. The third-order valence-corrected chi connectivity index (χ3v) is 0.653. The first-order valence-corrected chi connectivity index (χ1v) is 2.16. The van der Waals surface area contributed by atoms with Gasteiger partial charge in [0.05, 0.1) is 6.42 Å². The Kier molecular flexibility index (Phi) is 6.46. The van der Waals surface area contributed by atoms with Crippen LogP contribution in [-0.4, -0.2) is 52.2 Å². The molecule has 0 fully saturated rings. The minimum atomic E-state index is -1.79. The van der Waals surface area contributed by atoms with Crippen molar-refractivity contribution in [2.45, 2.75) is 12.5 Å². The Hall–Kier alpha value is -0.503. The van der Waals surface area contributed by atoms with Crippen molar-refractivity contribution in [1.29, 1.82) is 0 Å². The normalized spacial score (nSPS) is 11.3. The molecule has 5 nitrogen and oxygen atoms in total. The van der Waals surface area contributed by atoms with Crippen molar-refractivity contribution in [1.82, 2.24) is 0 Å². The number of aliphatic hydroxyl groups is 1. The standard InChI is InChI=1S/C4H6O5.Li.H/c5-2(4(8)9)1-3(6)7;;/h2,5H,1H2,(H,6,7)(H,8,9);;. The predicted molar refractivity (Wildman–Crippen MR) is 33.0 cm³/mol. The predicted octanol–water partition coefficient (Wildman–Crippen LogP) is -1.74. The van der Waals surface area contributed by atoms with Gasteiger partial charge in [-0.25, -0.2) is 4.79 Å². The van der Waals surface area contributed by atoms with E-state index in [0.717, 1.165) is 0 Å². The summed E-state index contributed by atoms with van der Waals surface area (Å²) in [5, 5.41) is 24.1. The van der Waals surface area contributed by atoms with Crippen molar-refractivity contribution in [2.75, 3.05) is 0 Å². The van der Waals surface area contributed by atoms with Gasteiger partial charge in [0, 0.05) is 0 Å². The molecular weight excluding hydrogens is 135 g/mol. The van der Waals surface area contributed by atoms with Gasteiger partial charge < -0.3 is 15.3 Å². The summed E-state index contributed by atoms with van der Waals surface area (Å²) in [5.41, 5.74) is 0. The van der Waals surface area contributed by atoms with Crippen LogP contribution >= 0.6 is 0 Å². The van der Waals surface area contributed by atoms with Crippen LogP contribution in [0, 0.1) is 0 Å². The molecule has 0 radical (unpaired) electrons. The number of hydrogen-bond donors (Lipinski definition) is 3. The fourth-order valence-corrected chi connectivity index (χ4v) is 0.253. The van der Waals surface area contributed by atoms with E-state index in [-0.39, 0.29) is 18.9 Å². The van der Waals surface area contributed by atoms with Crippen LogP contribution in [0.1, 0.15) is 6.42 Å². The molecule has 0 heterocycles. The van der Waals surface area contributed by atoms with Crippen LogP contribution in [0.2, 0.25) is 0 Å². The number of aliphatic hydroxyl groups excluding tert-OH is 1. The molecule has 0 saturated carbocycles. The maximum atomic E-state index is 9.72. The van der Waals surface area contributed by atoms with Gasteiger partial charge in [-0.2, -0.15) is 0 Å². The Balaban J connectivity index is 0. The number of carboxylic acids is 2. The number of aliphatic carboxylic acids is 2. The van der Waals surface area contributed by atoms with E-state index in [4.69, 9.17) is 15.3 Å². The first-order chi connectivity index (χ1) is 4.04. The van der Waals surface area contributed by atoms with E-state index in [1.165, 1.54) is 0 Å². The third-order valence-electron chi connectivity index (χ3n) is 0.653. The van der Waals surface area contributed by atoms with Crippen LogP contribution in [0.4, 0.5) is 0 Å². The Labute approximate surface area is 68.8 Å². The molecule has 0 aromatic rings. The SMILES string of the molecule is O=C(O)CC(O)C(=O)O.[LiH]. The average molecular weight is 142 g/mol. The monoisotopic (exact) mass is 142 g/mol. The fourth-order valence-electron chi connectivity index (χ4n) is 0.253. The van der Waals surface area contributed by atoms with Gasteiger partial charge in [-0.1, -0.05) is 0 Å². The molecule has 3 N–H and O–H groups in total. The Morgan fingerprint density at radius 1 is 1.30 bits per heavy atom. The van der Waals surface area contributed by atoms with E-state index < -0.39 is 24.5 Å². The summed E-state index contributed by atoms with van der Waals surface area (Å²) in [6.07, 6.45) is -2.54. The molecule has 54 valence electrons. The van der Waals surface area contributed by atoms with Gasteiger partial charge in [-0.3, -0.25) is 4.79 Å². The Bertz CT molecular complexity index is 134. The Morgan fingerprint density at radius 3 is 1.80 bits per heavy atom. The minimum absolute atomic E-state index is 0. The molecule has 6 heteroatoms. The molecule has 0 aliphatic carbocycles. The zero-order chi connectivity index (χ0) is 7.44. The van der Waals surface area contributed by atoms with E-state index in [0.29, 0.717) is 0 Å². The van der Waals surface area contributed by atoms with E-state index >= 15 is 0 Å². The molecule has 0 aromatic carbocycles. The summed E-state index contributed by atoms with van der Waals surface area (Å²) in [6, 6.07) is 0. The first kappa shape index (κ1) is 12.2. The molecule has 1 atom stereocenters. The van der Waals surface area contributed by atoms with Crippen molar-refractivity contribution < 1.29 is 24.9 Å². The molecule has 0 bridgehead atoms. The molecule has 0 aliphatic rings. The molecule has 0 saturated heterocycles. The number of carboxylic acid groups (broad SMARTS) is 2. The maximum absolute atomic E-state index is 9.72. The molecule has 1 unspecified atom stereocenters. The summed E-state index contributed by atoms with van der Waals surface area (Å²) < 4.78 is 0. The second-order valence-corrected chi connectivity index (χ2v) is 1.45. The molecule has 0 aromatic heterocycles. The van der Waals surface area contributed by atoms with E-state index in [2.05, 4.69) is 0 Å². The van der Waals surface area contributed by atoms with Gasteiger partial charge in [0.15, 0.2) is 6.10 Å². The van der Waals surface area contributed by atoms with Crippen LogP contribution < -0.4 is 0 Å². The van der Waals surface area contributed by atoms with E-state index in [1.807, 2.05) is 0 Å². The van der Waals surface area contributed by atoms with Gasteiger partial charge in [0.2, 0.25) is 0 Å². The molecule has 0 amide bonds. The van der Waals surface area contributed by atoms with Crippen LogP contribution in [-0.2, 0) is 9.59 Å². The van der Waals surface area contributed by atoms with Crippen LogP contribution in [0.5, 0.6) is 0 Å². The molecule has 0 rings (SSSR count).